The number of halogens is 3. The average molecular weight is 643 g/mol. The van der Waals surface area contributed by atoms with E-state index in [1.54, 1.807) is 32.0 Å². The number of hydrogen-bond acceptors (Lipinski definition) is 10. The first-order chi connectivity index (χ1) is 20.3. The van der Waals surface area contributed by atoms with Crippen molar-refractivity contribution in [2.45, 2.75) is 50.2 Å². The van der Waals surface area contributed by atoms with Crippen molar-refractivity contribution >= 4 is 42.1 Å². The third kappa shape index (κ3) is 7.03. The summed E-state index contributed by atoms with van der Waals surface area (Å²) in [7, 11) is -4.15. The van der Waals surface area contributed by atoms with E-state index in [0.29, 0.717) is 0 Å². The molecule has 3 aromatic rings. The number of nitrogens with two attached hydrogens (primary N) is 1. The summed E-state index contributed by atoms with van der Waals surface area (Å²) in [6.45, 7) is 3.08. The van der Waals surface area contributed by atoms with Gasteiger partial charge >= 0.3 is 13.6 Å². The van der Waals surface area contributed by atoms with E-state index in [1.807, 2.05) is 0 Å². The topological polar surface area (TPSA) is 168 Å². The number of fused-ring (bicyclic) bond motifs is 1. The van der Waals surface area contributed by atoms with E-state index in [-0.39, 0.29) is 17.3 Å². The Balaban J connectivity index is 1.66. The van der Waals surface area contributed by atoms with Crippen LogP contribution in [0.4, 0.5) is 14.7 Å². The lowest BCUT2D eigenvalue weighted by atomic mass is 9.99. The average Bonchev–Trinajstić information content (AvgIpc) is 3.39. The molecular weight excluding hydrogens is 613 g/mol. The number of para-hydroxylation sites is 1. The summed E-state index contributed by atoms with van der Waals surface area (Å²) in [5.74, 6) is 1.85. The summed E-state index contributed by atoms with van der Waals surface area (Å²) in [5.41, 5.74) is 4.49. The third-order valence-electron chi connectivity index (χ3n) is 6.37. The number of alkyl halides is 2. The molecule has 12 nitrogen and oxygen atoms in total. The first-order valence-corrected chi connectivity index (χ1v) is 15.2. The van der Waals surface area contributed by atoms with Gasteiger partial charge in [-0.05, 0) is 26.0 Å². The highest BCUT2D eigenvalue weighted by molar-refractivity contribution is 7.54. The van der Waals surface area contributed by atoms with Crippen LogP contribution >= 0.6 is 19.2 Å². The van der Waals surface area contributed by atoms with Gasteiger partial charge in [0, 0.05) is 6.20 Å². The maximum absolute atomic E-state index is 14.8. The zero-order valence-electron chi connectivity index (χ0n) is 23.3. The molecule has 1 aliphatic heterocycles. The molecule has 6 atom stereocenters. The molecule has 1 saturated heterocycles. The largest absolute Gasteiger partial charge is 0.463 e. The van der Waals surface area contributed by atoms with Gasteiger partial charge in [0.05, 0.1) is 24.8 Å². The van der Waals surface area contributed by atoms with Crippen LogP contribution in [0.2, 0.25) is 0 Å². The predicted octanol–water partition coefficient (Wildman–Crippen LogP) is 3.53. The number of nitrogens with one attached hydrogen (secondary N) is 1. The van der Waals surface area contributed by atoms with Crippen molar-refractivity contribution in [3.63, 3.8) is 0 Å². The summed E-state index contributed by atoms with van der Waals surface area (Å²) in [5, 5.41) is 10.8. The number of H-pyrrole nitrogens is 1. The van der Waals surface area contributed by atoms with E-state index in [9.17, 15) is 28.0 Å². The Morgan fingerprint density at radius 3 is 2.70 bits per heavy atom. The highest BCUT2D eigenvalue weighted by atomic mass is 35.5. The van der Waals surface area contributed by atoms with Gasteiger partial charge in [-0.2, -0.15) is 4.98 Å². The minimum Gasteiger partial charge on any atom is -0.463 e. The van der Waals surface area contributed by atoms with Crippen molar-refractivity contribution in [3.05, 3.63) is 52.7 Å². The predicted molar refractivity (Wildman–Crippen MR) is 153 cm³/mol. The smallest absolute Gasteiger partial charge is 0.380 e. The molecule has 232 valence electrons. The van der Waals surface area contributed by atoms with Gasteiger partial charge in [0.15, 0.2) is 22.6 Å². The first-order valence-electron chi connectivity index (χ1n) is 13.1. The molecule has 1 aliphatic rings. The van der Waals surface area contributed by atoms with Crippen LogP contribution in [0.15, 0.2) is 41.3 Å². The number of aromatic amines is 1. The number of esters is 1. The Hall–Kier alpha value is -3.47. The van der Waals surface area contributed by atoms with Gasteiger partial charge < -0.3 is 24.8 Å². The van der Waals surface area contributed by atoms with Gasteiger partial charge in [0.1, 0.15) is 30.0 Å². The Kier molecular flexibility index (Phi) is 9.83. The maximum Gasteiger partial charge on any atom is 0.380 e. The summed E-state index contributed by atoms with van der Waals surface area (Å²) in [6, 6.07) is 8.07. The summed E-state index contributed by atoms with van der Waals surface area (Å²) in [4.78, 5) is 28.9. The van der Waals surface area contributed by atoms with Crippen LogP contribution in [-0.4, -0.2) is 68.2 Å². The fourth-order valence-electron chi connectivity index (χ4n) is 4.47. The summed E-state index contributed by atoms with van der Waals surface area (Å²) < 4.78 is 65.5. The number of anilines is 1. The number of carbonyl (C=O) groups excluding carboxylic acids is 1. The van der Waals surface area contributed by atoms with Crippen molar-refractivity contribution in [2.75, 3.05) is 25.2 Å². The molecule has 1 aromatic carbocycles. The minimum absolute atomic E-state index is 0.185. The zero-order valence-corrected chi connectivity index (χ0v) is 25.0. The lowest BCUT2D eigenvalue weighted by Gasteiger charge is -2.26. The number of aromatic nitrogens is 3. The number of benzene rings is 1. The van der Waals surface area contributed by atoms with Crippen LogP contribution in [0.5, 0.6) is 5.75 Å². The molecule has 0 saturated carbocycles. The number of ether oxygens (including phenoxy) is 2. The Labute approximate surface area is 250 Å². The molecule has 4 rings (SSSR count). The second-order valence-electron chi connectivity index (χ2n) is 10.1. The van der Waals surface area contributed by atoms with E-state index in [1.165, 1.54) is 19.1 Å². The fraction of sp³-hybridized carbons (Fsp3) is 0.444. The van der Waals surface area contributed by atoms with Crippen molar-refractivity contribution < 1.29 is 41.8 Å². The zero-order chi connectivity index (χ0) is 31.5. The second-order valence-corrected chi connectivity index (χ2v) is 12.7. The van der Waals surface area contributed by atoms with Gasteiger partial charge in [-0.25, -0.2) is 13.3 Å². The number of aliphatic hydroxyl groups excluding tert-OH is 1. The number of rotatable bonds is 10. The summed E-state index contributed by atoms with van der Waals surface area (Å²) >= 11 is 6.72. The van der Waals surface area contributed by atoms with Crippen molar-refractivity contribution in [1.82, 2.24) is 14.5 Å². The van der Waals surface area contributed by atoms with E-state index in [4.69, 9.17) is 35.9 Å². The van der Waals surface area contributed by atoms with Gasteiger partial charge in [-0.1, -0.05) is 48.6 Å². The number of aliphatic hydroxyl groups is 1. The number of nitrogen functional groups attached to an aromatic ring is 1. The van der Waals surface area contributed by atoms with Crippen LogP contribution in [0, 0.1) is 23.6 Å². The standard InChI is InChI=1S/C27H30ClF2N4O8P/c1-15(2)40-24(37)16(3)14-43(38,42-17-8-5-4-6-9-17)39-13-19-21(35)27(28,10-7-11-29)25(41-19)34-12-18(30)20-22(34)32-26(31)33-23(20)36/h4-6,8-9,12,15-16,19,21,25,35H,11,13-14H2,1-3H3,(H3,31,32,33,36)/t16-,19-,21+,25-,27?,43+/m1/s1. The van der Waals surface area contributed by atoms with Crippen LogP contribution in [-0.2, 0) is 23.4 Å². The molecular formula is C27H30ClF2N4O8P. The molecule has 0 radical (unpaired) electrons. The molecule has 0 aliphatic carbocycles. The van der Waals surface area contributed by atoms with Crippen LogP contribution in [0.25, 0.3) is 11.0 Å². The Bertz CT molecular complexity index is 1640. The van der Waals surface area contributed by atoms with Gasteiger partial charge in [-0.15, -0.1) is 0 Å². The fourth-order valence-corrected chi connectivity index (χ4v) is 6.70. The van der Waals surface area contributed by atoms with E-state index < -0.39 is 85.1 Å². The highest BCUT2D eigenvalue weighted by Gasteiger charge is 2.57. The molecule has 1 unspecified atom stereocenters. The Morgan fingerprint density at radius 2 is 2.05 bits per heavy atom. The van der Waals surface area contributed by atoms with Crippen molar-refractivity contribution in [3.8, 4) is 17.6 Å². The van der Waals surface area contributed by atoms with Crippen molar-refractivity contribution in [1.29, 1.82) is 0 Å². The number of nitrogens with zero attached hydrogens (tertiary/aromatic N) is 2. The molecule has 1 fully saturated rings. The lowest BCUT2D eigenvalue weighted by Crippen LogP contribution is -2.41. The van der Waals surface area contributed by atoms with Gasteiger partial charge in [-0.3, -0.25) is 23.7 Å². The van der Waals surface area contributed by atoms with E-state index in [2.05, 4.69) is 21.8 Å². The monoisotopic (exact) mass is 642 g/mol. The second kappa shape index (κ2) is 13.0. The van der Waals surface area contributed by atoms with Gasteiger partial charge in [0.2, 0.25) is 5.95 Å². The van der Waals surface area contributed by atoms with Crippen LogP contribution < -0.4 is 15.8 Å². The molecule has 4 N–H and O–H groups in total. The lowest BCUT2D eigenvalue weighted by molar-refractivity contribution is -0.151. The number of hydrogen-bond donors (Lipinski definition) is 3. The van der Waals surface area contributed by atoms with Gasteiger partial charge in [0.25, 0.3) is 5.56 Å². The molecule has 0 spiro atoms. The van der Waals surface area contributed by atoms with Crippen molar-refractivity contribution in [2.24, 2.45) is 5.92 Å². The minimum atomic E-state index is -4.15. The third-order valence-corrected chi connectivity index (χ3v) is 8.91. The van der Waals surface area contributed by atoms with E-state index >= 15 is 0 Å². The van der Waals surface area contributed by atoms with Crippen LogP contribution in [0.1, 0.15) is 27.0 Å². The molecule has 16 heteroatoms. The molecule has 43 heavy (non-hydrogen) atoms. The Morgan fingerprint density at radius 1 is 1.35 bits per heavy atom. The maximum atomic E-state index is 14.8. The number of carbonyl (C=O) groups is 1. The normalized spacial score (nSPS) is 23.9. The van der Waals surface area contributed by atoms with Crippen LogP contribution in [0.3, 0.4) is 0 Å². The molecule has 3 heterocycles. The molecule has 0 amide bonds. The highest BCUT2D eigenvalue weighted by Crippen LogP contribution is 2.52. The molecule has 2 aromatic heterocycles. The molecule has 0 bridgehead atoms. The summed E-state index contributed by atoms with van der Waals surface area (Å²) in [6.07, 6.45) is -4.62. The van der Waals surface area contributed by atoms with E-state index in [0.717, 1.165) is 10.8 Å². The SMILES string of the molecule is CC(C)OC(=O)[C@H](C)C[P@](=O)(OC[C@H]1O[C@@H](n2cc(F)c3c(=O)[nH]c(N)nc32)C(Cl)(C#CCF)[C@H]1O)Oc1ccccc1. The first kappa shape index (κ1) is 32.4. The quantitative estimate of drug-likeness (QED) is 0.129.